The normalized spacial score (nSPS) is 9.40. The van der Waals surface area contributed by atoms with Crippen LogP contribution in [0.15, 0.2) is 10.8 Å². The lowest BCUT2D eigenvalue weighted by Gasteiger charge is -1.92. The maximum absolute atomic E-state index is 10.8. The summed E-state index contributed by atoms with van der Waals surface area (Å²) in [6.45, 7) is 1.66. The van der Waals surface area contributed by atoms with Crippen LogP contribution in [0.1, 0.15) is 16.1 Å². The third kappa shape index (κ3) is 0.985. The number of aryl methyl sites for hydroxylation is 1. The number of aromatic nitrogens is 1. The summed E-state index contributed by atoms with van der Waals surface area (Å²) in [5, 5.41) is 3.49. The fourth-order valence-corrected chi connectivity index (χ4v) is 0.588. The Morgan fingerprint density at radius 1 is 1.90 bits per heavy atom. The summed E-state index contributed by atoms with van der Waals surface area (Å²) >= 11 is 0. The predicted octanol–water partition coefficient (Wildman–Crippen LogP) is -0.413. The Morgan fingerprint density at radius 2 is 2.60 bits per heavy atom. The van der Waals surface area contributed by atoms with Gasteiger partial charge < -0.3 is 4.52 Å². The maximum Gasteiger partial charge on any atom is 0.270 e. The molecule has 5 heteroatoms. The standard InChI is InChI=1S/C5H7N3O2/c1-3-4(2-10-8-3)5(9)7-6/h2H,6H2,1H3,(H,7,9). The molecule has 0 unspecified atom stereocenters. The molecule has 10 heavy (non-hydrogen) atoms. The number of hydrazine groups is 1. The quantitative estimate of drug-likeness (QED) is 0.316. The van der Waals surface area contributed by atoms with Gasteiger partial charge in [-0.25, -0.2) is 5.84 Å². The van der Waals surface area contributed by atoms with Crippen LogP contribution in [0.3, 0.4) is 0 Å². The summed E-state index contributed by atoms with van der Waals surface area (Å²) in [6.07, 6.45) is 1.25. The van der Waals surface area contributed by atoms with Crippen LogP contribution in [0.2, 0.25) is 0 Å². The molecule has 1 amide bonds. The first-order valence-electron chi connectivity index (χ1n) is 2.67. The molecule has 54 valence electrons. The zero-order valence-electron chi connectivity index (χ0n) is 5.42. The van der Waals surface area contributed by atoms with E-state index < -0.39 is 5.91 Å². The highest BCUT2D eigenvalue weighted by atomic mass is 16.5. The number of hydrogen-bond acceptors (Lipinski definition) is 4. The number of nitrogens with two attached hydrogens (primary N) is 1. The lowest BCUT2D eigenvalue weighted by Crippen LogP contribution is -2.30. The molecule has 0 aliphatic carbocycles. The molecule has 0 spiro atoms. The lowest BCUT2D eigenvalue weighted by molar-refractivity contribution is 0.0952. The summed E-state index contributed by atoms with van der Waals surface area (Å²) in [6, 6.07) is 0. The Hall–Kier alpha value is -1.36. The molecule has 1 aromatic heterocycles. The number of carbonyl (C=O) groups excluding carboxylic acids is 1. The number of nitrogens with zero attached hydrogens (tertiary/aromatic N) is 1. The molecule has 0 aliphatic rings. The number of amides is 1. The summed E-state index contributed by atoms with van der Waals surface area (Å²) < 4.78 is 4.50. The van der Waals surface area contributed by atoms with E-state index in [-0.39, 0.29) is 0 Å². The Labute approximate surface area is 57.1 Å². The van der Waals surface area contributed by atoms with Gasteiger partial charge in [0, 0.05) is 0 Å². The van der Waals surface area contributed by atoms with E-state index in [1.165, 1.54) is 6.26 Å². The van der Waals surface area contributed by atoms with Crippen molar-refractivity contribution in [2.45, 2.75) is 6.92 Å². The van der Waals surface area contributed by atoms with Crippen molar-refractivity contribution in [2.75, 3.05) is 0 Å². The van der Waals surface area contributed by atoms with Gasteiger partial charge in [0.1, 0.15) is 11.8 Å². The number of nitrogen functional groups attached to an aromatic ring is 1. The Balaban J connectivity index is 2.93. The molecule has 0 aliphatic heterocycles. The van der Waals surface area contributed by atoms with Crippen LogP contribution < -0.4 is 11.3 Å². The molecule has 0 aromatic carbocycles. The average molecular weight is 141 g/mol. The van der Waals surface area contributed by atoms with E-state index in [1.54, 1.807) is 6.92 Å². The van der Waals surface area contributed by atoms with Gasteiger partial charge in [-0.15, -0.1) is 0 Å². The second-order valence-electron chi connectivity index (χ2n) is 1.79. The fourth-order valence-electron chi connectivity index (χ4n) is 0.588. The molecule has 0 atom stereocenters. The Morgan fingerprint density at radius 3 is 3.00 bits per heavy atom. The molecule has 0 saturated heterocycles. The van der Waals surface area contributed by atoms with E-state index in [0.29, 0.717) is 11.3 Å². The zero-order valence-corrected chi connectivity index (χ0v) is 5.42. The smallest absolute Gasteiger partial charge is 0.270 e. The van der Waals surface area contributed by atoms with Crippen LogP contribution in [-0.4, -0.2) is 11.1 Å². The molecule has 3 N–H and O–H groups in total. The first-order chi connectivity index (χ1) is 4.75. The van der Waals surface area contributed by atoms with E-state index in [0.717, 1.165) is 0 Å². The van der Waals surface area contributed by atoms with Crippen molar-refractivity contribution in [3.05, 3.63) is 17.5 Å². The van der Waals surface area contributed by atoms with E-state index in [9.17, 15) is 4.79 Å². The van der Waals surface area contributed by atoms with E-state index in [2.05, 4.69) is 9.68 Å². The van der Waals surface area contributed by atoms with Gasteiger partial charge in [-0.2, -0.15) is 0 Å². The minimum atomic E-state index is -0.390. The molecule has 1 aromatic rings. The summed E-state index contributed by atoms with van der Waals surface area (Å²) in [5.41, 5.74) is 2.86. The van der Waals surface area contributed by atoms with Crippen LogP contribution in [0.4, 0.5) is 0 Å². The number of rotatable bonds is 1. The summed E-state index contributed by atoms with van der Waals surface area (Å²) in [7, 11) is 0. The first kappa shape index (κ1) is 6.76. The van der Waals surface area contributed by atoms with Crippen LogP contribution in [-0.2, 0) is 0 Å². The molecule has 1 rings (SSSR count). The largest absolute Gasteiger partial charge is 0.364 e. The highest BCUT2D eigenvalue weighted by Gasteiger charge is 2.09. The number of hydrogen-bond donors (Lipinski definition) is 2. The van der Waals surface area contributed by atoms with Gasteiger partial charge in [0.2, 0.25) is 0 Å². The molecule has 0 saturated carbocycles. The van der Waals surface area contributed by atoms with E-state index in [1.807, 2.05) is 5.43 Å². The van der Waals surface area contributed by atoms with Crippen LogP contribution in [0.5, 0.6) is 0 Å². The van der Waals surface area contributed by atoms with Gasteiger partial charge in [0.15, 0.2) is 0 Å². The first-order valence-corrected chi connectivity index (χ1v) is 2.67. The SMILES string of the molecule is Cc1nocc1C(=O)NN. The molecular weight excluding hydrogens is 134 g/mol. The van der Waals surface area contributed by atoms with Crippen molar-refractivity contribution in [3.8, 4) is 0 Å². The third-order valence-corrected chi connectivity index (χ3v) is 1.13. The van der Waals surface area contributed by atoms with Crippen molar-refractivity contribution in [2.24, 2.45) is 5.84 Å². The third-order valence-electron chi connectivity index (χ3n) is 1.13. The lowest BCUT2D eigenvalue weighted by atomic mass is 10.2. The minimum Gasteiger partial charge on any atom is -0.364 e. The molecule has 0 fully saturated rings. The van der Waals surface area contributed by atoms with Crippen molar-refractivity contribution < 1.29 is 9.32 Å². The molecular formula is C5H7N3O2. The molecule has 5 nitrogen and oxygen atoms in total. The highest BCUT2D eigenvalue weighted by molar-refractivity contribution is 5.94. The fraction of sp³-hybridized carbons (Fsp3) is 0.200. The second-order valence-corrected chi connectivity index (χ2v) is 1.79. The number of carbonyl (C=O) groups is 1. The zero-order chi connectivity index (χ0) is 7.56. The maximum atomic E-state index is 10.8. The molecule has 0 radical (unpaired) electrons. The van der Waals surface area contributed by atoms with Crippen LogP contribution in [0, 0.1) is 6.92 Å². The van der Waals surface area contributed by atoms with E-state index in [4.69, 9.17) is 5.84 Å². The van der Waals surface area contributed by atoms with Gasteiger partial charge in [0.05, 0.1) is 5.69 Å². The average Bonchev–Trinajstić information content (AvgIpc) is 2.34. The molecule has 1 heterocycles. The van der Waals surface area contributed by atoms with Crippen molar-refractivity contribution in [1.29, 1.82) is 0 Å². The molecule has 0 bridgehead atoms. The van der Waals surface area contributed by atoms with Gasteiger partial charge in [-0.1, -0.05) is 5.16 Å². The van der Waals surface area contributed by atoms with Crippen LogP contribution in [0.25, 0.3) is 0 Å². The van der Waals surface area contributed by atoms with Gasteiger partial charge in [0.25, 0.3) is 5.91 Å². The van der Waals surface area contributed by atoms with E-state index >= 15 is 0 Å². The van der Waals surface area contributed by atoms with Gasteiger partial charge in [-0.3, -0.25) is 10.2 Å². The Kier molecular flexibility index (Phi) is 1.68. The summed E-state index contributed by atoms with van der Waals surface area (Å²) in [4.78, 5) is 10.8. The number of nitrogens with one attached hydrogen (secondary N) is 1. The predicted molar refractivity (Wildman–Crippen MR) is 32.9 cm³/mol. The van der Waals surface area contributed by atoms with Crippen molar-refractivity contribution in [3.63, 3.8) is 0 Å². The van der Waals surface area contributed by atoms with Crippen molar-refractivity contribution in [1.82, 2.24) is 10.6 Å². The Bertz CT molecular complexity index is 243. The van der Waals surface area contributed by atoms with Crippen LogP contribution >= 0.6 is 0 Å². The highest BCUT2D eigenvalue weighted by Crippen LogP contribution is 2.02. The van der Waals surface area contributed by atoms with Crippen molar-refractivity contribution >= 4 is 5.91 Å². The second kappa shape index (κ2) is 2.49. The van der Waals surface area contributed by atoms with Gasteiger partial charge in [-0.05, 0) is 6.92 Å². The topological polar surface area (TPSA) is 81.2 Å². The monoisotopic (exact) mass is 141 g/mol. The minimum absolute atomic E-state index is 0.363. The van der Waals surface area contributed by atoms with Gasteiger partial charge >= 0.3 is 0 Å². The summed E-state index contributed by atoms with van der Waals surface area (Å²) in [5.74, 6) is 4.47.